The Labute approximate surface area is 236 Å². The van der Waals surface area contributed by atoms with E-state index in [1.807, 2.05) is 62.4 Å². The molecular formula is C33H26N4O4. The molecule has 0 fully saturated rings. The normalized spacial score (nSPS) is 19.0. The lowest BCUT2D eigenvalue weighted by Gasteiger charge is -2.46. The van der Waals surface area contributed by atoms with Gasteiger partial charge in [-0.1, -0.05) is 60.7 Å². The molecule has 3 heterocycles. The van der Waals surface area contributed by atoms with Crippen molar-refractivity contribution in [2.75, 3.05) is 28.2 Å². The molecule has 41 heavy (non-hydrogen) atoms. The maximum atomic E-state index is 14.8. The highest BCUT2D eigenvalue weighted by Crippen LogP contribution is 2.50. The van der Waals surface area contributed by atoms with Crippen LogP contribution in [-0.2, 0) is 10.5 Å². The fourth-order valence-electron chi connectivity index (χ4n) is 6.37. The second kappa shape index (κ2) is 8.89. The summed E-state index contributed by atoms with van der Waals surface area (Å²) < 4.78 is 0. The molecule has 4 aromatic rings. The number of nitrogens with zero attached hydrogens (tertiary/aromatic N) is 3. The van der Waals surface area contributed by atoms with Gasteiger partial charge in [0.1, 0.15) is 0 Å². The molecule has 0 aliphatic carbocycles. The molecule has 1 N–H and O–H groups in total. The average molecular weight is 543 g/mol. The highest BCUT2D eigenvalue weighted by molar-refractivity contribution is 6.23. The number of hydrogen-bond acceptors (Lipinski definition) is 5. The topological polar surface area (TPSA) is 90.0 Å². The van der Waals surface area contributed by atoms with E-state index >= 15 is 0 Å². The molecule has 0 radical (unpaired) electrons. The Kier molecular flexibility index (Phi) is 5.37. The largest absolute Gasteiger partial charge is 0.350 e. The third-order valence-electron chi connectivity index (χ3n) is 8.24. The maximum absolute atomic E-state index is 14.8. The van der Waals surface area contributed by atoms with E-state index in [4.69, 9.17) is 0 Å². The monoisotopic (exact) mass is 542 g/mol. The summed E-state index contributed by atoms with van der Waals surface area (Å²) in [7, 11) is 0. The molecule has 1 spiro atoms. The summed E-state index contributed by atoms with van der Waals surface area (Å²) in [5, 5.41) is 3.47. The minimum atomic E-state index is -1.57. The predicted octanol–water partition coefficient (Wildman–Crippen LogP) is 4.87. The number of aryl methyl sites for hydroxylation is 2. The molecule has 7 rings (SSSR count). The number of para-hydroxylation sites is 3. The first-order chi connectivity index (χ1) is 19.8. The number of rotatable bonds is 4. The second-order valence-corrected chi connectivity index (χ2v) is 10.5. The van der Waals surface area contributed by atoms with Crippen molar-refractivity contribution in [1.29, 1.82) is 0 Å². The number of carbonyl (C=O) groups is 4. The first-order valence-corrected chi connectivity index (χ1v) is 13.5. The fourth-order valence-corrected chi connectivity index (χ4v) is 6.37. The standard InChI is InChI=1S/C33H26N4O4/c1-20-10-9-11-21(2)28(20)37-31(40)24-14-5-7-16-26(24)34-33(37)25-15-6-8-17-27(25)35(32(33)41)18-19-36-29(38)22-12-3-4-13-23(22)30(36)39/h3-17,34H,18-19H2,1-2H3/t33-/m0/s1. The molecule has 202 valence electrons. The minimum absolute atomic E-state index is 0.0103. The highest BCUT2D eigenvalue weighted by Gasteiger charge is 2.60. The van der Waals surface area contributed by atoms with Gasteiger partial charge in [0, 0.05) is 24.3 Å². The summed E-state index contributed by atoms with van der Waals surface area (Å²) >= 11 is 0. The molecule has 4 amide bonds. The third-order valence-corrected chi connectivity index (χ3v) is 8.24. The van der Waals surface area contributed by atoms with Crippen molar-refractivity contribution in [2.45, 2.75) is 19.5 Å². The maximum Gasteiger partial charge on any atom is 0.279 e. The summed E-state index contributed by atoms with van der Waals surface area (Å²) in [5.41, 5.74) is 3.79. The first kappa shape index (κ1) is 24.8. The van der Waals surface area contributed by atoms with E-state index in [1.165, 1.54) is 4.90 Å². The van der Waals surface area contributed by atoms with E-state index in [1.54, 1.807) is 52.3 Å². The Bertz CT molecular complexity index is 1760. The number of amides is 4. The van der Waals surface area contributed by atoms with Crippen molar-refractivity contribution < 1.29 is 19.2 Å². The lowest BCUT2D eigenvalue weighted by atomic mass is 9.90. The molecule has 0 aromatic heterocycles. The molecule has 8 heteroatoms. The van der Waals surface area contributed by atoms with Crippen molar-refractivity contribution in [2.24, 2.45) is 0 Å². The summed E-state index contributed by atoms with van der Waals surface area (Å²) in [6.45, 7) is 3.93. The number of benzene rings is 4. The van der Waals surface area contributed by atoms with Crippen LogP contribution in [0.25, 0.3) is 0 Å². The summed E-state index contributed by atoms with van der Waals surface area (Å²) in [5.74, 6) is -1.41. The molecule has 0 unspecified atom stereocenters. The quantitative estimate of drug-likeness (QED) is 0.372. The van der Waals surface area contributed by atoms with Crippen LogP contribution in [0.5, 0.6) is 0 Å². The smallest absolute Gasteiger partial charge is 0.279 e. The van der Waals surface area contributed by atoms with Crippen LogP contribution in [-0.4, -0.2) is 41.6 Å². The number of carbonyl (C=O) groups excluding carboxylic acids is 4. The van der Waals surface area contributed by atoms with Gasteiger partial charge in [-0.3, -0.25) is 29.0 Å². The number of imide groups is 1. The van der Waals surface area contributed by atoms with Gasteiger partial charge in [-0.05, 0) is 55.3 Å². The number of nitrogens with one attached hydrogen (secondary N) is 1. The Morgan fingerprint density at radius 1 is 0.610 bits per heavy atom. The number of fused-ring (bicyclic) bond motifs is 4. The van der Waals surface area contributed by atoms with Crippen LogP contribution >= 0.6 is 0 Å². The summed E-state index contributed by atoms with van der Waals surface area (Å²) in [4.78, 5) is 59.6. The van der Waals surface area contributed by atoms with Gasteiger partial charge in [-0.15, -0.1) is 0 Å². The van der Waals surface area contributed by atoms with E-state index in [2.05, 4.69) is 5.32 Å². The fraction of sp³-hybridized carbons (Fsp3) is 0.152. The molecule has 4 aromatic carbocycles. The first-order valence-electron chi connectivity index (χ1n) is 13.5. The van der Waals surface area contributed by atoms with E-state index in [9.17, 15) is 19.2 Å². The Morgan fingerprint density at radius 3 is 1.85 bits per heavy atom. The second-order valence-electron chi connectivity index (χ2n) is 10.5. The molecule has 1 atom stereocenters. The van der Waals surface area contributed by atoms with Crippen LogP contribution in [0.1, 0.15) is 47.8 Å². The van der Waals surface area contributed by atoms with Gasteiger partial charge in [-0.25, -0.2) is 0 Å². The Morgan fingerprint density at radius 2 is 1.17 bits per heavy atom. The molecule has 8 nitrogen and oxygen atoms in total. The number of anilines is 3. The minimum Gasteiger partial charge on any atom is -0.350 e. The van der Waals surface area contributed by atoms with Crippen LogP contribution in [0.2, 0.25) is 0 Å². The Hall–Kier alpha value is -5.24. The number of hydrogen-bond donors (Lipinski definition) is 1. The zero-order chi connectivity index (χ0) is 28.5. The summed E-state index contributed by atoms with van der Waals surface area (Å²) in [6.07, 6.45) is 0. The molecule has 0 bridgehead atoms. The van der Waals surface area contributed by atoms with Gasteiger partial charge in [0.25, 0.3) is 23.6 Å². The van der Waals surface area contributed by atoms with Gasteiger partial charge in [0.05, 0.1) is 28.1 Å². The predicted molar refractivity (Wildman–Crippen MR) is 155 cm³/mol. The van der Waals surface area contributed by atoms with Crippen molar-refractivity contribution >= 4 is 40.7 Å². The molecule has 3 aliphatic rings. The van der Waals surface area contributed by atoms with E-state index in [-0.39, 0.29) is 36.7 Å². The van der Waals surface area contributed by atoms with Gasteiger partial charge >= 0.3 is 0 Å². The Balaban J connectivity index is 1.35. The van der Waals surface area contributed by atoms with Gasteiger partial charge in [0.15, 0.2) is 0 Å². The molecule has 0 saturated carbocycles. The zero-order valence-electron chi connectivity index (χ0n) is 22.5. The zero-order valence-corrected chi connectivity index (χ0v) is 22.5. The van der Waals surface area contributed by atoms with Crippen LogP contribution in [0.3, 0.4) is 0 Å². The van der Waals surface area contributed by atoms with Crippen LogP contribution < -0.4 is 15.1 Å². The SMILES string of the molecule is Cc1cccc(C)c1N1C(=O)c2ccccc2N[C@]12C(=O)N(CCN1C(=O)c3ccccc3C1=O)c1ccccc12. The van der Waals surface area contributed by atoms with Crippen LogP contribution in [0.15, 0.2) is 91.0 Å². The lowest BCUT2D eigenvalue weighted by molar-refractivity contribution is -0.122. The van der Waals surface area contributed by atoms with E-state index in [0.717, 1.165) is 11.1 Å². The van der Waals surface area contributed by atoms with Crippen molar-refractivity contribution in [3.05, 3.63) is 124 Å². The van der Waals surface area contributed by atoms with Gasteiger partial charge in [-0.2, -0.15) is 0 Å². The average Bonchev–Trinajstić information content (AvgIpc) is 3.36. The third kappa shape index (κ3) is 3.34. The van der Waals surface area contributed by atoms with E-state index in [0.29, 0.717) is 39.3 Å². The summed E-state index contributed by atoms with van der Waals surface area (Å²) in [6, 6.07) is 27.1. The van der Waals surface area contributed by atoms with Crippen LogP contribution in [0, 0.1) is 13.8 Å². The van der Waals surface area contributed by atoms with Gasteiger partial charge in [0.2, 0.25) is 5.66 Å². The molecule has 3 aliphatic heterocycles. The lowest BCUT2D eigenvalue weighted by Crippen LogP contribution is -2.63. The highest BCUT2D eigenvalue weighted by atomic mass is 16.2. The van der Waals surface area contributed by atoms with Crippen molar-refractivity contribution in [3.63, 3.8) is 0 Å². The van der Waals surface area contributed by atoms with E-state index < -0.39 is 5.66 Å². The molecule has 0 saturated heterocycles. The molecular weight excluding hydrogens is 516 g/mol. The van der Waals surface area contributed by atoms with Crippen LogP contribution in [0.4, 0.5) is 17.1 Å². The van der Waals surface area contributed by atoms with Gasteiger partial charge < -0.3 is 10.2 Å². The van der Waals surface area contributed by atoms with Crippen molar-refractivity contribution in [3.8, 4) is 0 Å². The van der Waals surface area contributed by atoms with Crippen molar-refractivity contribution in [1.82, 2.24) is 4.90 Å².